The Balaban J connectivity index is 1.33. The van der Waals surface area contributed by atoms with Crippen LogP contribution < -0.4 is 0 Å². The Bertz CT molecular complexity index is 2850. The summed E-state index contributed by atoms with van der Waals surface area (Å²) in [6, 6.07) is 40.9. The number of hydrogen-bond donors (Lipinski definition) is 0. The van der Waals surface area contributed by atoms with Gasteiger partial charge < -0.3 is 13.2 Å². The van der Waals surface area contributed by atoms with Crippen LogP contribution in [0.25, 0.3) is 99.3 Å². The van der Waals surface area contributed by atoms with Crippen molar-refractivity contribution >= 4 is 82.2 Å². The summed E-state index contributed by atoms with van der Waals surface area (Å²) >= 11 is 0. The van der Waals surface area contributed by atoms with Crippen LogP contribution >= 0.6 is 0 Å². The Hall–Kier alpha value is -5.81. The van der Waals surface area contributed by atoms with E-state index in [1.54, 1.807) is 0 Å². The fourth-order valence-electron chi connectivity index (χ4n) is 7.39. The lowest BCUT2D eigenvalue weighted by Gasteiger charge is -2.04. The molecule has 11 rings (SSSR count). The summed E-state index contributed by atoms with van der Waals surface area (Å²) in [5, 5.41) is 7.12. The second kappa shape index (κ2) is 7.09. The van der Waals surface area contributed by atoms with Crippen molar-refractivity contribution in [1.29, 1.82) is 0 Å². The van der Waals surface area contributed by atoms with E-state index in [0.717, 1.165) is 60.7 Å². The summed E-state index contributed by atoms with van der Waals surface area (Å²) in [5.74, 6) is 0. The molecule has 5 heterocycles. The highest BCUT2D eigenvalue weighted by Gasteiger charge is 2.27. The molecule has 5 aromatic heterocycles. The first-order chi connectivity index (χ1) is 20.8. The van der Waals surface area contributed by atoms with Gasteiger partial charge in [-0.05, 0) is 65.7 Å². The van der Waals surface area contributed by atoms with E-state index in [-0.39, 0.29) is 0 Å². The molecule has 5 nitrogen and oxygen atoms in total. The topological polar surface area (TPSA) is 48.5 Å². The van der Waals surface area contributed by atoms with Crippen LogP contribution in [0.4, 0.5) is 0 Å². The van der Waals surface area contributed by atoms with E-state index in [2.05, 4.69) is 112 Å². The van der Waals surface area contributed by atoms with Crippen LogP contribution in [0, 0.1) is 0 Å². The minimum Gasteiger partial charge on any atom is -0.456 e. The average molecular weight is 538 g/mol. The Morgan fingerprint density at radius 2 is 1.26 bits per heavy atom. The molecule has 11 aromatic rings. The van der Waals surface area contributed by atoms with Crippen LogP contribution in [-0.4, -0.2) is 14.0 Å². The van der Waals surface area contributed by atoms with Crippen LogP contribution in [0.15, 0.2) is 124 Å². The largest absolute Gasteiger partial charge is 0.456 e. The number of aromatic nitrogens is 3. The SMILES string of the molecule is c1ccc(-c2ccc3nc(-n4c5ccc6oc7ccc8c9ccccc9n9c%10cccc4c%10c5c6c7c89)oc3c2)cc1. The van der Waals surface area contributed by atoms with Crippen molar-refractivity contribution < 1.29 is 8.83 Å². The van der Waals surface area contributed by atoms with Gasteiger partial charge in [0.15, 0.2) is 5.58 Å². The third-order valence-electron chi connectivity index (χ3n) is 9.08. The highest BCUT2D eigenvalue weighted by atomic mass is 16.4. The Kier molecular flexibility index (Phi) is 3.54. The normalized spacial score (nSPS) is 12.8. The van der Waals surface area contributed by atoms with Crippen LogP contribution in [-0.2, 0) is 0 Å². The molecular formula is C37H19N3O2. The smallest absolute Gasteiger partial charge is 0.307 e. The molecule has 0 saturated heterocycles. The van der Waals surface area contributed by atoms with Gasteiger partial charge in [0, 0.05) is 26.9 Å². The predicted octanol–water partition coefficient (Wildman–Crippen LogP) is 9.93. The molecule has 0 spiro atoms. The zero-order valence-corrected chi connectivity index (χ0v) is 22.1. The molecule has 0 bridgehead atoms. The Morgan fingerprint density at radius 3 is 2.21 bits per heavy atom. The summed E-state index contributed by atoms with van der Waals surface area (Å²) in [5.41, 5.74) is 11.3. The summed E-state index contributed by atoms with van der Waals surface area (Å²) in [6.07, 6.45) is 0. The molecule has 0 amide bonds. The van der Waals surface area contributed by atoms with Crippen molar-refractivity contribution in [3.8, 4) is 17.1 Å². The average Bonchev–Trinajstić information content (AvgIpc) is 3.77. The second-order valence-electron chi connectivity index (χ2n) is 11.2. The van der Waals surface area contributed by atoms with Gasteiger partial charge in [0.05, 0.1) is 33.0 Å². The van der Waals surface area contributed by atoms with Gasteiger partial charge in [-0.25, -0.2) is 0 Å². The van der Waals surface area contributed by atoms with Crippen LogP contribution in [0.3, 0.4) is 0 Å². The lowest BCUT2D eigenvalue weighted by Crippen LogP contribution is -1.94. The van der Waals surface area contributed by atoms with E-state index in [1.165, 1.54) is 32.6 Å². The summed E-state index contributed by atoms with van der Waals surface area (Å²) in [4.78, 5) is 5.01. The molecule has 42 heavy (non-hydrogen) atoms. The first kappa shape index (κ1) is 21.0. The van der Waals surface area contributed by atoms with Crippen molar-refractivity contribution in [3.05, 3.63) is 115 Å². The highest BCUT2D eigenvalue weighted by molar-refractivity contribution is 6.36. The molecule has 6 aromatic carbocycles. The van der Waals surface area contributed by atoms with Gasteiger partial charge in [-0.3, -0.25) is 4.57 Å². The first-order valence-electron chi connectivity index (χ1n) is 14.1. The molecule has 0 unspecified atom stereocenters. The lowest BCUT2D eigenvalue weighted by molar-refractivity contribution is 0.574. The number of hydrogen-bond acceptors (Lipinski definition) is 3. The molecule has 0 saturated carbocycles. The second-order valence-corrected chi connectivity index (χ2v) is 11.2. The minimum absolute atomic E-state index is 0.558. The number of para-hydroxylation sites is 1. The Labute approximate surface area is 237 Å². The van der Waals surface area contributed by atoms with Crippen molar-refractivity contribution in [2.45, 2.75) is 0 Å². The first-order valence-corrected chi connectivity index (χ1v) is 14.1. The van der Waals surface area contributed by atoms with Crippen LogP contribution in [0.2, 0.25) is 0 Å². The lowest BCUT2D eigenvalue weighted by atomic mass is 10.0. The number of rotatable bonds is 2. The van der Waals surface area contributed by atoms with Crippen molar-refractivity contribution in [2.24, 2.45) is 0 Å². The van der Waals surface area contributed by atoms with Gasteiger partial charge >= 0.3 is 6.01 Å². The van der Waals surface area contributed by atoms with E-state index >= 15 is 0 Å². The fraction of sp³-hybridized carbons (Fsp3) is 0. The number of nitrogens with zero attached hydrogens (tertiary/aromatic N) is 3. The van der Waals surface area contributed by atoms with Crippen molar-refractivity contribution in [2.75, 3.05) is 0 Å². The molecule has 0 atom stereocenters. The standard InChI is InChI=1S/C37H19N3O2/c1-2-7-20(8-3-1)21-13-15-24-31(19-21)42-37(38-24)40-27-12-6-11-26-32(27)33-28(40)16-18-29-34(33)35-30(41-29)17-14-23-22-9-4-5-10-25(22)39(26)36(23)35/h1-19H. The maximum absolute atomic E-state index is 6.56. The van der Waals surface area contributed by atoms with Gasteiger partial charge in [-0.1, -0.05) is 60.7 Å². The summed E-state index contributed by atoms with van der Waals surface area (Å²) < 4.78 is 17.6. The minimum atomic E-state index is 0.558. The van der Waals surface area contributed by atoms with Gasteiger partial charge in [0.25, 0.3) is 0 Å². The van der Waals surface area contributed by atoms with E-state index in [9.17, 15) is 0 Å². The van der Waals surface area contributed by atoms with Crippen molar-refractivity contribution in [1.82, 2.24) is 14.0 Å². The molecule has 0 radical (unpaired) electrons. The quantitative estimate of drug-likeness (QED) is 0.220. The summed E-state index contributed by atoms with van der Waals surface area (Å²) in [7, 11) is 0. The molecular weight excluding hydrogens is 518 g/mol. The number of oxazole rings is 1. The molecule has 5 heteroatoms. The maximum Gasteiger partial charge on any atom is 0.307 e. The van der Waals surface area contributed by atoms with Gasteiger partial charge in [-0.2, -0.15) is 4.98 Å². The molecule has 194 valence electrons. The zero-order valence-electron chi connectivity index (χ0n) is 22.1. The predicted molar refractivity (Wildman–Crippen MR) is 169 cm³/mol. The Morgan fingerprint density at radius 1 is 0.476 bits per heavy atom. The molecule has 0 fully saturated rings. The van der Waals surface area contributed by atoms with Gasteiger partial charge in [0.1, 0.15) is 16.7 Å². The monoisotopic (exact) mass is 537 g/mol. The third kappa shape index (κ3) is 2.37. The zero-order chi connectivity index (χ0) is 27.1. The third-order valence-corrected chi connectivity index (χ3v) is 9.08. The number of furan rings is 1. The maximum atomic E-state index is 6.56. The highest BCUT2D eigenvalue weighted by Crippen LogP contribution is 2.48. The van der Waals surface area contributed by atoms with Crippen LogP contribution in [0.5, 0.6) is 0 Å². The number of fused-ring (bicyclic) bond motifs is 5. The van der Waals surface area contributed by atoms with Crippen LogP contribution in [0.1, 0.15) is 0 Å². The molecule has 0 N–H and O–H groups in total. The summed E-state index contributed by atoms with van der Waals surface area (Å²) in [6.45, 7) is 0. The fourth-order valence-corrected chi connectivity index (χ4v) is 7.39. The van der Waals surface area contributed by atoms with Gasteiger partial charge in [-0.15, -0.1) is 0 Å². The van der Waals surface area contributed by atoms with E-state index in [1.807, 2.05) is 12.1 Å². The molecule has 0 aliphatic heterocycles. The van der Waals surface area contributed by atoms with E-state index in [0.29, 0.717) is 6.01 Å². The van der Waals surface area contributed by atoms with E-state index < -0.39 is 0 Å². The van der Waals surface area contributed by atoms with Gasteiger partial charge in [0.2, 0.25) is 0 Å². The molecule has 0 aliphatic rings. The van der Waals surface area contributed by atoms with E-state index in [4.69, 9.17) is 13.8 Å². The number of benzene rings is 6. The van der Waals surface area contributed by atoms with Crippen molar-refractivity contribution in [3.63, 3.8) is 0 Å². The molecule has 0 aliphatic carbocycles.